The Morgan fingerprint density at radius 1 is 1.36 bits per heavy atom. The van der Waals surface area contributed by atoms with Gasteiger partial charge in [-0.2, -0.15) is 18.3 Å². The van der Waals surface area contributed by atoms with Crippen LogP contribution in [0, 0.1) is 6.92 Å². The molecule has 1 saturated heterocycles. The van der Waals surface area contributed by atoms with Gasteiger partial charge in [0.25, 0.3) is 0 Å². The summed E-state index contributed by atoms with van der Waals surface area (Å²) in [7, 11) is 0. The quantitative estimate of drug-likeness (QED) is 0.690. The van der Waals surface area contributed by atoms with Crippen molar-refractivity contribution in [3.63, 3.8) is 0 Å². The smallest absolute Gasteiger partial charge is 0.436 e. The third-order valence-corrected chi connectivity index (χ3v) is 5.91. The molecule has 1 aromatic heterocycles. The number of alkyl halides is 3. The van der Waals surface area contributed by atoms with Crippen molar-refractivity contribution in [1.82, 2.24) is 14.7 Å². The molecule has 0 radical (unpaired) electrons. The Kier molecular flexibility index (Phi) is 5.95. The number of amides is 1. The number of nitrogens with zero attached hydrogens (tertiary/aromatic N) is 3. The maximum Gasteiger partial charge on any atom is 0.436 e. The Balaban J connectivity index is 1.65. The lowest BCUT2D eigenvalue weighted by molar-refractivity contribution is -0.142. The number of benzene rings is 1. The third-order valence-electron chi connectivity index (χ3n) is 4.97. The Morgan fingerprint density at radius 3 is 2.54 bits per heavy atom. The summed E-state index contributed by atoms with van der Waals surface area (Å²) < 4.78 is 40.5. The van der Waals surface area contributed by atoms with E-state index in [0.717, 1.165) is 14.7 Å². The van der Waals surface area contributed by atoms with Crippen molar-refractivity contribution in [1.29, 1.82) is 0 Å². The number of aromatic nitrogens is 2. The highest BCUT2D eigenvalue weighted by Crippen LogP contribution is 2.36. The first-order chi connectivity index (χ1) is 13.1. The lowest BCUT2D eigenvalue weighted by Crippen LogP contribution is -2.40. The average Bonchev–Trinajstić information content (AvgIpc) is 2.90. The highest BCUT2D eigenvalue weighted by atomic mass is 79.9. The highest BCUT2D eigenvalue weighted by Gasteiger charge is 2.38. The predicted octanol–water partition coefficient (Wildman–Crippen LogP) is 4.74. The number of carbonyl (C=O) groups excluding carboxylic acids is 1. The van der Waals surface area contributed by atoms with Gasteiger partial charge in [-0.05, 0) is 43.4 Å². The van der Waals surface area contributed by atoms with Crippen molar-refractivity contribution < 1.29 is 23.1 Å². The second-order valence-electron chi connectivity index (χ2n) is 6.76. The van der Waals surface area contributed by atoms with Gasteiger partial charge in [-0.25, -0.2) is 0 Å². The number of carbonyl (C=O) groups is 1. The van der Waals surface area contributed by atoms with E-state index in [9.17, 15) is 23.1 Å². The van der Waals surface area contributed by atoms with Crippen LogP contribution in [0.4, 0.5) is 13.2 Å². The van der Waals surface area contributed by atoms with Crippen LogP contribution < -0.4 is 0 Å². The van der Waals surface area contributed by atoms with Gasteiger partial charge in [-0.15, -0.1) is 0 Å². The van der Waals surface area contributed by atoms with Gasteiger partial charge in [-0.3, -0.25) is 9.48 Å². The molecule has 1 aromatic carbocycles. The van der Waals surface area contributed by atoms with Crippen LogP contribution in [0.15, 0.2) is 22.7 Å². The number of phenols is 1. The fraction of sp³-hybridized carbons (Fsp3) is 0.444. The molecule has 1 fully saturated rings. The Bertz CT molecular complexity index is 893. The highest BCUT2D eigenvalue weighted by molar-refractivity contribution is 9.10. The van der Waals surface area contributed by atoms with Crippen molar-refractivity contribution in [2.45, 2.75) is 38.4 Å². The van der Waals surface area contributed by atoms with Crippen molar-refractivity contribution in [2.24, 2.45) is 0 Å². The zero-order valence-electron chi connectivity index (χ0n) is 14.9. The van der Waals surface area contributed by atoms with Gasteiger partial charge in [0.15, 0.2) is 5.69 Å². The maximum atomic E-state index is 12.9. The molecule has 0 saturated carbocycles. The molecular weight excluding hydrogens is 463 g/mol. The van der Waals surface area contributed by atoms with Crippen molar-refractivity contribution in [2.75, 3.05) is 13.1 Å². The monoisotopic (exact) mass is 479 g/mol. The molecule has 1 amide bonds. The Hall–Kier alpha value is -1.74. The second-order valence-corrected chi connectivity index (χ2v) is 8.06. The molecule has 2 heterocycles. The minimum Gasteiger partial charge on any atom is -0.508 e. The van der Waals surface area contributed by atoms with Crippen LogP contribution in [0.25, 0.3) is 0 Å². The van der Waals surface area contributed by atoms with Gasteiger partial charge in [-0.1, -0.05) is 33.6 Å². The zero-order chi connectivity index (χ0) is 20.6. The van der Waals surface area contributed by atoms with Gasteiger partial charge in [0, 0.05) is 17.6 Å². The van der Waals surface area contributed by atoms with Gasteiger partial charge < -0.3 is 10.0 Å². The minimum absolute atomic E-state index is 0.108. The molecule has 0 unspecified atom stereocenters. The minimum atomic E-state index is -4.67. The second kappa shape index (κ2) is 7.94. The summed E-state index contributed by atoms with van der Waals surface area (Å²) in [5, 5.41) is 13.1. The summed E-state index contributed by atoms with van der Waals surface area (Å²) in [6.45, 7) is 2.02. The largest absolute Gasteiger partial charge is 0.508 e. The van der Waals surface area contributed by atoms with Crippen LogP contribution >= 0.6 is 27.5 Å². The number of hydrogen-bond acceptors (Lipinski definition) is 3. The fourth-order valence-corrected chi connectivity index (χ4v) is 3.98. The average molecular weight is 481 g/mol. The topological polar surface area (TPSA) is 58.4 Å². The van der Waals surface area contributed by atoms with Gasteiger partial charge in [0.1, 0.15) is 12.3 Å². The Morgan fingerprint density at radius 2 is 2.00 bits per heavy atom. The maximum absolute atomic E-state index is 12.9. The van der Waals surface area contributed by atoms with Crippen LogP contribution in [0.3, 0.4) is 0 Å². The lowest BCUT2D eigenvalue weighted by Gasteiger charge is -2.32. The zero-order valence-corrected chi connectivity index (χ0v) is 17.3. The molecule has 28 heavy (non-hydrogen) atoms. The molecule has 0 spiro atoms. The van der Waals surface area contributed by atoms with Gasteiger partial charge in [0.2, 0.25) is 5.91 Å². The van der Waals surface area contributed by atoms with E-state index in [0.29, 0.717) is 25.9 Å². The van der Waals surface area contributed by atoms with Gasteiger partial charge >= 0.3 is 6.18 Å². The normalized spacial score (nSPS) is 15.9. The summed E-state index contributed by atoms with van der Waals surface area (Å²) in [5.41, 5.74) is -0.235. The first-order valence-corrected chi connectivity index (χ1v) is 9.81. The first kappa shape index (κ1) is 21.0. The molecule has 0 atom stereocenters. The van der Waals surface area contributed by atoms with Crippen molar-refractivity contribution >= 4 is 33.4 Å². The van der Waals surface area contributed by atoms with E-state index in [1.165, 1.54) is 6.92 Å². The molecule has 2 aromatic rings. The fourth-order valence-electron chi connectivity index (χ4n) is 3.39. The molecule has 1 aliphatic heterocycles. The van der Waals surface area contributed by atoms with E-state index in [4.69, 9.17) is 11.6 Å². The molecule has 152 valence electrons. The molecule has 1 N–H and O–H groups in total. The number of rotatable bonds is 3. The Labute approximate surface area is 173 Å². The van der Waals surface area contributed by atoms with E-state index >= 15 is 0 Å². The number of likely N-dealkylation sites (tertiary alicyclic amines) is 1. The van der Waals surface area contributed by atoms with E-state index in [1.54, 1.807) is 11.0 Å². The molecular formula is C18H18BrClF3N3O2. The standard InChI is InChI=1S/C18H18BrClF3N3O2/c1-10-16(20)17(18(21,22)23)24-26(10)9-15(28)25-6-4-11(5-7-25)13-3-2-12(19)8-14(13)27/h2-3,8,11,27H,4-7,9H2,1H3. The summed E-state index contributed by atoms with van der Waals surface area (Å²) in [5.74, 6) is 0.0185. The van der Waals surface area contributed by atoms with Gasteiger partial charge in [0.05, 0.1) is 10.7 Å². The molecule has 10 heteroatoms. The molecule has 1 aliphatic rings. The summed E-state index contributed by atoms with van der Waals surface area (Å²) in [6.07, 6.45) is -3.34. The van der Waals surface area contributed by atoms with Crippen molar-refractivity contribution in [3.05, 3.63) is 44.6 Å². The first-order valence-electron chi connectivity index (χ1n) is 8.64. The van der Waals surface area contributed by atoms with Crippen LogP contribution in [-0.2, 0) is 17.5 Å². The number of halogens is 5. The number of piperidine rings is 1. The predicted molar refractivity (Wildman–Crippen MR) is 101 cm³/mol. The number of phenolic OH excluding ortho intramolecular Hbond substituents is 1. The SMILES string of the molecule is Cc1c(Cl)c(C(F)(F)F)nn1CC(=O)N1CCC(c2ccc(Br)cc2O)CC1. The van der Waals surface area contributed by atoms with E-state index in [-0.39, 0.29) is 29.8 Å². The number of hydrogen-bond donors (Lipinski definition) is 1. The number of aromatic hydroxyl groups is 1. The lowest BCUT2D eigenvalue weighted by atomic mass is 9.89. The summed E-state index contributed by atoms with van der Waals surface area (Å²) >= 11 is 9.03. The van der Waals surface area contributed by atoms with E-state index in [2.05, 4.69) is 21.0 Å². The van der Waals surface area contributed by atoms with Crippen molar-refractivity contribution in [3.8, 4) is 5.75 Å². The molecule has 5 nitrogen and oxygen atoms in total. The summed E-state index contributed by atoms with van der Waals surface area (Å²) in [4.78, 5) is 14.1. The van der Waals surface area contributed by atoms with Crippen LogP contribution in [0.2, 0.25) is 5.02 Å². The molecule has 3 rings (SSSR count). The third kappa shape index (κ3) is 4.30. The molecule has 0 bridgehead atoms. The summed E-state index contributed by atoms with van der Waals surface area (Å²) in [6, 6.07) is 5.35. The molecule has 0 aliphatic carbocycles. The van der Waals surface area contributed by atoms with E-state index in [1.807, 2.05) is 12.1 Å². The van der Waals surface area contributed by atoms with Crippen LogP contribution in [-0.4, -0.2) is 38.8 Å². The van der Waals surface area contributed by atoms with Crippen LogP contribution in [0.1, 0.15) is 35.7 Å². The van der Waals surface area contributed by atoms with E-state index < -0.39 is 16.9 Å². The van der Waals surface area contributed by atoms with Crippen LogP contribution in [0.5, 0.6) is 5.75 Å².